The van der Waals surface area contributed by atoms with E-state index in [2.05, 4.69) is 20.9 Å². The molecule has 2 rings (SSSR count). The average Bonchev–Trinajstić information content (AvgIpc) is 2.73. The van der Waals surface area contributed by atoms with Crippen LogP contribution in [0.5, 0.6) is 0 Å². The third-order valence-corrected chi connectivity index (χ3v) is 4.98. The number of hydrogen-bond donors (Lipinski definition) is 3. The van der Waals surface area contributed by atoms with E-state index in [0.29, 0.717) is 31.2 Å². The summed E-state index contributed by atoms with van der Waals surface area (Å²) in [4.78, 5) is 29.8. The van der Waals surface area contributed by atoms with E-state index >= 15 is 0 Å². The second kappa shape index (κ2) is 13.4. The summed E-state index contributed by atoms with van der Waals surface area (Å²) < 4.78 is 0. The summed E-state index contributed by atoms with van der Waals surface area (Å²) in [6.07, 6.45) is 5.61. The molecule has 1 aromatic carbocycles. The molecule has 0 heterocycles. The van der Waals surface area contributed by atoms with E-state index < -0.39 is 0 Å². The van der Waals surface area contributed by atoms with Gasteiger partial charge in [-0.3, -0.25) is 14.6 Å². The van der Waals surface area contributed by atoms with Gasteiger partial charge in [-0.25, -0.2) is 0 Å². The Bertz CT molecular complexity index is 670. The van der Waals surface area contributed by atoms with Crippen LogP contribution < -0.4 is 16.0 Å². The highest BCUT2D eigenvalue weighted by molar-refractivity contribution is 14.0. The highest BCUT2D eigenvalue weighted by atomic mass is 127. The Balaban J connectivity index is 0.00000420. The first-order chi connectivity index (χ1) is 13.5. The number of carbonyl (C=O) groups excluding carboxylic acids is 2. The number of amides is 2. The monoisotopic (exact) mass is 515 g/mol. The van der Waals surface area contributed by atoms with Crippen LogP contribution in [0, 0.1) is 5.92 Å². The molecule has 1 aliphatic rings. The minimum Gasteiger partial charge on any atom is -0.355 e. The van der Waals surface area contributed by atoms with Crippen LogP contribution in [0.1, 0.15) is 48.0 Å². The lowest BCUT2D eigenvalue weighted by Crippen LogP contribution is -2.42. The topological polar surface area (TPSA) is 85.8 Å². The van der Waals surface area contributed by atoms with Crippen molar-refractivity contribution < 1.29 is 9.59 Å². The molecule has 1 saturated carbocycles. The Morgan fingerprint density at radius 3 is 2.21 bits per heavy atom. The van der Waals surface area contributed by atoms with Crippen LogP contribution in [-0.4, -0.2) is 56.9 Å². The largest absolute Gasteiger partial charge is 0.355 e. The summed E-state index contributed by atoms with van der Waals surface area (Å²) in [6, 6.07) is 7.52. The lowest BCUT2D eigenvalue weighted by molar-refractivity contribution is -0.125. The molecule has 0 bridgehead atoms. The van der Waals surface area contributed by atoms with Crippen molar-refractivity contribution >= 4 is 41.8 Å². The fourth-order valence-electron chi connectivity index (χ4n) is 3.31. The van der Waals surface area contributed by atoms with Crippen molar-refractivity contribution in [3.63, 3.8) is 0 Å². The lowest BCUT2D eigenvalue weighted by Gasteiger charge is -2.21. The summed E-state index contributed by atoms with van der Waals surface area (Å²) in [5.74, 6) is 1.04. The van der Waals surface area contributed by atoms with Gasteiger partial charge in [-0.15, -0.1) is 24.0 Å². The maximum atomic E-state index is 12.1. The Morgan fingerprint density at radius 1 is 1.00 bits per heavy atom. The SMILES string of the molecule is CN=C(NCCNC(=O)C1CCCCC1)NCc1ccc(C(=O)N(C)C)cc1.I. The zero-order valence-corrected chi connectivity index (χ0v) is 20.0. The van der Waals surface area contributed by atoms with Gasteiger partial charge >= 0.3 is 0 Å². The van der Waals surface area contributed by atoms with E-state index in [1.54, 1.807) is 26.0 Å². The molecule has 8 heteroatoms. The highest BCUT2D eigenvalue weighted by Crippen LogP contribution is 2.23. The second-order valence-corrected chi connectivity index (χ2v) is 7.38. The summed E-state index contributed by atoms with van der Waals surface area (Å²) in [5, 5.41) is 9.46. The zero-order valence-electron chi connectivity index (χ0n) is 17.7. The minimum atomic E-state index is -0.00717. The molecule has 0 radical (unpaired) electrons. The van der Waals surface area contributed by atoms with Crippen LogP contribution in [0.4, 0.5) is 0 Å². The molecular formula is C21H34IN5O2. The van der Waals surface area contributed by atoms with E-state index in [4.69, 9.17) is 0 Å². The van der Waals surface area contributed by atoms with Crippen molar-refractivity contribution in [3.8, 4) is 0 Å². The lowest BCUT2D eigenvalue weighted by atomic mass is 9.89. The molecule has 162 valence electrons. The van der Waals surface area contributed by atoms with E-state index in [-0.39, 0.29) is 41.7 Å². The number of hydrogen-bond acceptors (Lipinski definition) is 3. The van der Waals surface area contributed by atoms with Crippen molar-refractivity contribution in [1.82, 2.24) is 20.9 Å². The Hall–Kier alpha value is -1.84. The quantitative estimate of drug-likeness (QED) is 0.225. The Morgan fingerprint density at radius 2 is 1.62 bits per heavy atom. The first-order valence-corrected chi connectivity index (χ1v) is 10.0. The van der Waals surface area contributed by atoms with Gasteiger partial charge in [0, 0.05) is 52.3 Å². The maximum Gasteiger partial charge on any atom is 0.253 e. The van der Waals surface area contributed by atoms with Crippen LogP contribution in [0.2, 0.25) is 0 Å². The van der Waals surface area contributed by atoms with Gasteiger partial charge in [-0.05, 0) is 30.5 Å². The van der Waals surface area contributed by atoms with Gasteiger partial charge in [0.2, 0.25) is 5.91 Å². The summed E-state index contributed by atoms with van der Waals surface area (Å²) in [6.45, 7) is 1.80. The molecule has 0 saturated heterocycles. The Kier molecular flexibility index (Phi) is 11.6. The van der Waals surface area contributed by atoms with Gasteiger partial charge in [0.15, 0.2) is 5.96 Å². The third kappa shape index (κ3) is 8.59. The maximum absolute atomic E-state index is 12.1. The van der Waals surface area contributed by atoms with Crippen LogP contribution in [0.25, 0.3) is 0 Å². The summed E-state index contributed by atoms with van der Waals surface area (Å²) >= 11 is 0. The first kappa shape index (κ1) is 25.2. The van der Waals surface area contributed by atoms with Crippen LogP contribution >= 0.6 is 24.0 Å². The average molecular weight is 515 g/mol. The van der Waals surface area contributed by atoms with Crippen LogP contribution in [0.15, 0.2) is 29.3 Å². The van der Waals surface area contributed by atoms with Crippen molar-refractivity contribution in [2.45, 2.75) is 38.6 Å². The number of nitrogens with zero attached hydrogens (tertiary/aromatic N) is 2. The second-order valence-electron chi connectivity index (χ2n) is 7.38. The molecule has 29 heavy (non-hydrogen) atoms. The van der Waals surface area contributed by atoms with Gasteiger partial charge in [-0.1, -0.05) is 31.4 Å². The first-order valence-electron chi connectivity index (χ1n) is 10.0. The smallest absolute Gasteiger partial charge is 0.253 e. The van der Waals surface area contributed by atoms with E-state index in [1.165, 1.54) is 6.42 Å². The van der Waals surface area contributed by atoms with Gasteiger partial charge < -0.3 is 20.9 Å². The number of halogens is 1. The third-order valence-electron chi connectivity index (χ3n) is 4.98. The van der Waals surface area contributed by atoms with Crippen LogP contribution in [0.3, 0.4) is 0 Å². The van der Waals surface area contributed by atoms with E-state index in [0.717, 1.165) is 31.2 Å². The van der Waals surface area contributed by atoms with Crippen molar-refractivity contribution in [2.75, 3.05) is 34.2 Å². The summed E-state index contributed by atoms with van der Waals surface area (Å²) in [5.41, 5.74) is 1.73. The molecule has 0 spiro atoms. The molecule has 0 atom stereocenters. The number of nitrogens with one attached hydrogen (secondary N) is 3. The van der Waals surface area contributed by atoms with E-state index in [1.807, 2.05) is 24.3 Å². The number of carbonyl (C=O) groups is 2. The molecule has 1 fully saturated rings. The number of rotatable bonds is 7. The van der Waals surface area contributed by atoms with Gasteiger partial charge in [0.05, 0.1) is 0 Å². The predicted molar refractivity (Wildman–Crippen MR) is 128 cm³/mol. The zero-order chi connectivity index (χ0) is 20.4. The molecule has 2 amide bonds. The standard InChI is InChI=1S/C21H33N5O2.HI/c1-22-21(24-14-13-23-19(27)17-7-5-4-6-8-17)25-15-16-9-11-18(12-10-16)20(28)26(2)3;/h9-12,17H,4-8,13-15H2,1-3H3,(H,23,27)(H2,22,24,25);1H. The van der Waals surface area contributed by atoms with Gasteiger partial charge in [-0.2, -0.15) is 0 Å². The Labute approximate surface area is 191 Å². The van der Waals surface area contributed by atoms with Crippen LogP contribution in [-0.2, 0) is 11.3 Å². The van der Waals surface area contributed by atoms with Crippen molar-refractivity contribution in [2.24, 2.45) is 10.9 Å². The van der Waals surface area contributed by atoms with Crippen molar-refractivity contribution in [1.29, 1.82) is 0 Å². The van der Waals surface area contributed by atoms with E-state index in [9.17, 15) is 9.59 Å². The highest BCUT2D eigenvalue weighted by Gasteiger charge is 2.20. The molecule has 1 aliphatic carbocycles. The molecule has 0 aromatic heterocycles. The fourth-order valence-corrected chi connectivity index (χ4v) is 3.31. The van der Waals surface area contributed by atoms with Gasteiger partial charge in [0.25, 0.3) is 5.91 Å². The van der Waals surface area contributed by atoms with Crippen molar-refractivity contribution in [3.05, 3.63) is 35.4 Å². The normalized spacial score (nSPS) is 14.5. The molecule has 7 nitrogen and oxygen atoms in total. The number of benzene rings is 1. The number of aliphatic imine (C=N–C) groups is 1. The predicted octanol–water partition coefficient (Wildman–Crippen LogP) is 2.37. The molecule has 1 aromatic rings. The summed E-state index contributed by atoms with van der Waals surface area (Å²) in [7, 11) is 5.20. The van der Waals surface area contributed by atoms with Gasteiger partial charge in [0.1, 0.15) is 0 Å². The fraction of sp³-hybridized carbons (Fsp3) is 0.571. The molecule has 0 unspecified atom stereocenters. The molecular weight excluding hydrogens is 481 g/mol. The molecule has 3 N–H and O–H groups in total. The molecule has 0 aliphatic heterocycles. The number of guanidine groups is 1. The minimum absolute atomic E-state index is 0.